The van der Waals surface area contributed by atoms with Crippen LogP contribution in [-0.2, 0) is 6.54 Å². The van der Waals surface area contributed by atoms with Crippen molar-refractivity contribution in [2.24, 2.45) is 0 Å². The molecular weight excluding hydrogens is 330 g/mol. The molecule has 0 saturated heterocycles. The van der Waals surface area contributed by atoms with Crippen LogP contribution in [0.5, 0.6) is 17.2 Å². The van der Waals surface area contributed by atoms with Gasteiger partial charge >= 0.3 is 0 Å². The van der Waals surface area contributed by atoms with Gasteiger partial charge in [-0.2, -0.15) is 0 Å². The number of ketones is 1. The average Bonchev–Trinajstić information content (AvgIpc) is 2.94. The van der Waals surface area contributed by atoms with Crippen molar-refractivity contribution in [2.45, 2.75) is 6.54 Å². The van der Waals surface area contributed by atoms with Gasteiger partial charge in [0.1, 0.15) is 18.0 Å². The summed E-state index contributed by atoms with van der Waals surface area (Å²) in [5.74, 6) is 1.41. The molecule has 134 valence electrons. The standard InChI is InChI=1S/C21H21NO4/c1-22(2)13-16-17(23)12-11-15-20(24)19(26-21(15)16)10-6-8-14-7-4-5-9-18(14)25-3/h4-12,23H,13H2,1-3H3/p+1/b8-6?,19-10+. The van der Waals surface area contributed by atoms with E-state index in [4.69, 9.17) is 9.47 Å². The van der Waals surface area contributed by atoms with E-state index in [0.29, 0.717) is 23.4 Å². The number of benzene rings is 2. The first-order valence-corrected chi connectivity index (χ1v) is 8.39. The van der Waals surface area contributed by atoms with Gasteiger partial charge in [0.2, 0.25) is 5.78 Å². The number of phenols is 1. The molecule has 0 aliphatic carbocycles. The molecule has 0 unspecified atom stereocenters. The molecule has 0 fully saturated rings. The predicted molar refractivity (Wildman–Crippen MR) is 99.7 cm³/mol. The average molecular weight is 352 g/mol. The van der Waals surface area contributed by atoms with Crippen LogP contribution in [0.4, 0.5) is 0 Å². The van der Waals surface area contributed by atoms with Crippen molar-refractivity contribution in [3.05, 3.63) is 71.0 Å². The van der Waals surface area contributed by atoms with E-state index in [1.807, 2.05) is 44.4 Å². The largest absolute Gasteiger partial charge is 0.507 e. The Morgan fingerprint density at radius 3 is 2.69 bits per heavy atom. The number of para-hydroxylation sites is 1. The summed E-state index contributed by atoms with van der Waals surface area (Å²) in [6, 6.07) is 10.8. The van der Waals surface area contributed by atoms with Gasteiger partial charge in [-0.3, -0.25) is 4.79 Å². The zero-order valence-corrected chi connectivity index (χ0v) is 15.1. The number of methoxy groups -OCH3 is 1. The number of phenolic OH excluding ortho intramolecular Hbond substituents is 1. The normalized spacial score (nSPS) is 14.9. The Morgan fingerprint density at radius 1 is 1.19 bits per heavy atom. The van der Waals surface area contributed by atoms with Gasteiger partial charge in [-0.15, -0.1) is 0 Å². The molecule has 0 radical (unpaired) electrons. The Bertz CT molecular complexity index is 897. The fraction of sp³-hybridized carbons (Fsp3) is 0.190. The summed E-state index contributed by atoms with van der Waals surface area (Å²) in [7, 11) is 5.57. The van der Waals surface area contributed by atoms with Gasteiger partial charge in [0.05, 0.1) is 32.3 Å². The Balaban J connectivity index is 1.88. The van der Waals surface area contributed by atoms with Crippen molar-refractivity contribution in [3.63, 3.8) is 0 Å². The molecule has 5 heteroatoms. The number of hydrogen-bond donors (Lipinski definition) is 2. The van der Waals surface area contributed by atoms with Crippen molar-refractivity contribution in [1.82, 2.24) is 0 Å². The van der Waals surface area contributed by atoms with Crippen LogP contribution >= 0.6 is 0 Å². The third-order valence-corrected chi connectivity index (χ3v) is 4.11. The first-order chi connectivity index (χ1) is 12.5. The molecular formula is C21H22NO4+. The second-order valence-corrected chi connectivity index (χ2v) is 6.39. The first kappa shape index (κ1) is 17.8. The van der Waals surface area contributed by atoms with E-state index in [9.17, 15) is 9.90 Å². The molecule has 26 heavy (non-hydrogen) atoms. The number of rotatable bonds is 5. The van der Waals surface area contributed by atoms with Crippen molar-refractivity contribution in [2.75, 3.05) is 21.2 Å². The van der Waals surface area contributed by atoms with Crippen molar-refractivity contribution in [1.29, 1.82) is 0 Å². The molecule has 0 atom stereocenters. The highest BCUT2D eigenvalue weighted by Gasteiger charge is 2.31. The quantitative estimate of drug-likeness (QED) is 0.810. The zero-order chi connectivity index (χ0) is 18.7. The van der Waals surface area contributed by atoms with Crippen LogP contribution in [-0.4, -0.2) is 32.1 Å². The lowest BCUT2D eigenvalue weighted by molar-refractivity contribution is -0.872. The van der Waals surface area contributed by atoms with Crippen LogP contribution in [0.15, 0.2) is 54.3 Å². The van der Waals surface area contributed by atoms with E-state index in [1.54, 1.807) is 31.4 Å². The number of aromatic hydroxyl groups is 1. The van der Waals surface area contributed by atoms with E-state index < -0.39 is 0 Å². The van der Waals surface area contributed by atoms with E-state index in [1.165, 1.54) is 0 Å². The highest BCUT2D eigenvalue weighted by atomic mass is 16.5. The second-order valence-electron chi connectivity index (χ2n) is 6.39. The summed E-state index contributed by atoms with van der Waals surface area (Å²) in [5.41, 5.74) is 2.04. The van der Waals surface area contributed by atoms with Crippen molar-refractivity contribution in [3.8, 4) is 17.2 Å². The summed E-state index contributed by atoms with van der Waals surface area (Å²) in [6.07, 6.45) is 5.25. The maximum Gasteiger partial charge on any atom is 0.231 e. The first-order valence-electron chi connectivity index (χ1n) is 8.39. The molecule has 2 aromatic carbocycles. The number of Topliss-reactive ketones (excluding diaryl/α,β-unsaturated/α-hetero) is 1. The number of carbonyl (C=O) groups is 1. The van der Waals surface area contributed by atoms with Crippen LogP contribution in [0.25, 0.3) is 6.08 Å². The summed E-state index contributed by atoms with van der Waals surface area (Å²) < 4.78 is 11.1. The van der Waals surface area contributed by atoms with Crippen LogP contribution in [0, 0.1) is 0 Å². The van der Waals surface area contributed by atoms with Crippen LogP contribution < -0.4 is 14.4 Å². The fourth-order valence-corrected chi connectivity index (χ4v) is 2.88. The number of hydrogen-bond acceptors (Lipinski definition) is 4. The van der Waals surface area contributed by atoms with Crippen molar-refractivity contribution >= 4 is 11.9 Å². The minimum atomic E-state index is -0.181. The Kier molecular flexibility index (Phi) is 5.09. The number of quaternary nitrogens is 1. The Labute approximate surface area is 152 Å². The highest BCUT2D eigenvalue weighted by molar-refractivity contribution is 6.12. The van der Waals surface area contributed by atoms with Crippen molar-refractivity contribution < 1.29 is 24.3 Å². The molecule has 0 saturated carbocycles. The molecule has 1 aliphatic rings. The minimum Gasteiger partial charge on any atom is -0.507 e. The summed E-state index contributed by atoms with van der Waals surface area (Å²) >= 11 is 0. The van der Waals surface area contributed by atoms with E-state index in [-0.39, 0.29) is 17.3 Å². The molecule has 2 aromatic rings. The SMILES string of the molecule is COc1ccccc1C=C/C=C1/Oc2c(ccc(O)c2C[NH+](C)C)C1=O. The zero-order valence-electron chi connectivity index (χ0n) is 15.1. The molecule has 0 aromatic heterocycles. The lowest BCUT2D eigenvalue weighted by Crippen LogP contribution is -3.04. The molecule has 1 aliphatic heterocycles. The maximum atomic E-state index is 12.6. The lowest BCUT2D eigenvalue weighted by atomic mass is 10.0. The van der Waals surface area contributed by atoms with E-state index in [2.05, 4.69) is 0 Å². The van der Waals surface area contributed by atoms with Gasteiger partial charge in [-0.25, -0.2) is 0 Å². The summed E-state index contributed by atoms with van der Waals surface area (Å²) in [5, 5.41) is 10.1. The third kappa shape index (κ3) is 3.48. The predicted octanol–water partition coefficient (Wildman–Crippen LogP) is 2.22. The molecule has 0 bridgehead atoms. The second kappa shape index (κ2) is 7.45. The number of ether oxygens (including phenoxy) is 2. The topological polar surface area (TPSA) is 60.2 Å². The van der Waals surface area contributed by atoms with Gasteiger partial charge in [0, 0.05) is 5.56 Å². The van der Waals surface area contributed by atoms with Gasteiger partial charge in [0.15, 0.2) is 11.5 Å². The third-order valence-electron chi connectivity index (χ3n) is 4.11. The van der Waals surface area contributed by atoms with Crippen LogP contribution in [0.3, 0.4) is 0 Å². The number of allylic oxidation sites excluding steroid dienone is 3. The van der Waals surface area contributed by atoms with Gasteiger partial charge in [-0.1, -0.05) is 30.4 Å². The summed E-state index contributed by atoms with van der Waals surface area (Å²) in [6.45, 7) is 0.562. The van der Waals surface area contributed by atoms with Crippen LogP contribution in [0.1, 0.15) is 21.5 Å². The minimum absolute atomic E-state index is 0.142. The fourth-order valence-electron chi connectivity index (χ4n) is 2.88. The molecule has 2 N–H and O–H groups in total. The van der Waals surface area contributed by atoms with Gasteiger partial charge < -0.3 is 19.5 Å². The smallest absolute Gasteiger partial charge is 0.231 e. The Hall–Kier alpha value is -3.05. The van der Waals surface area contributed by atoms with Gasteiger partial charge in [-0.05, 0) is 24.3 Å². The molecule has 5 nitrogen and oxygen atoms in total. The van der Waals surface area contributed by atoms with E-state index >= 15 is 0 Å². The summed E-state index contributed by atoms with van der Waals surface area (Å²) in [4.78, 5) is 13.7. The number of fused-ring (bicyclic) bond motifs is 1. The van der Waals surface area contributed by atoms with Crippen LogP contribution in [0.2, 0.25) is 0 Å². The Morgan fingerprint density at radius 2 is 1.96 bits per heavy atom. The number of carbonyl (C=O) groups excluding carboxylic acids is 1. The van der Waals surface area contributed by atoms with E-state index in [0.717, 1.165) is 16.2 Å². The molecule has 0 amide bonds. The molecule has 0 spiro atoms. The molecule has 3 rings (SSSR count). The monoisotopic (exact) mass is 352 g/mol. The lowest BCUT2D eigenvalue weighted by Gasteiger charge is -2.11. The highest BCUT2D eigenvalue weighted by Crippen LogP contribution is 2.38. The molecule has 1 heterocycles. The van der Waals surface area contributed by atoms with Gasteiger partial charge in [0.25, 0.3) is 0 Å². The maximum absolute atomic E-state index is 12.6. The number of nitrogens with one attached hydrogen (secondary N) is 1.